The minimum absolute atomic E-state index is 0.0725. The summed E-state index contributed by atoms with van der Waals surface area (Å²) in [7, 11) is 0. The van der Waals surface area contributed by atoms with Gasteiger partial charge in [0.2, 0.25) is 0 Å². The van der Waals surface area contributed by atoms with Gasteiger partial charge in [0.25, 0.3) is 0 Å². The van der Waals surface area contributed by atoms with Crippen LogP contribution in [0.2, 0.25) is 5.02 Å². The molecule has 5 nitrogen and oxygen atoms in total. The van der Waals surface area contributed by atoms with Gasteiger partial charge in [-0.25, -0.2) is 9.80 Å². The zero-order valence-corrected chi connectivity index (χ0v) is 14.3. The number of carbonyl (C=O) groups is 2. The summed E-state index contributed by atoms with van der Waals surface area (Å²) in [6.45, 7) is 9.03. The van der Waals surface area contributed by atoms with E-state index in [0.29, 0.717) is 10.7 Å². The second-order valence-electron chi connectivity index (χ2n) is 6.34. The summed E-state index contributed by atoms with van der Waals surface area (Å²) >= 11 is 5.95. The number of halogens is 1. The van der Waals surface area contributed by atoms with Crippen molar-refractivity contribution in [3.8, 4) is 0 Å². The zero-order chi connectivity index (χ0) is 16.9. The van der Waals surface area contributed by atoms with Gasteiger partial charge in [0, 0.05) is 5.02 Å². The summed E-state index contributed by atoms with van der Waals surface area (Å²) in [5.41, 5.74) is 2.86. The monoisotopic (exact) mass is 326 g/mol. The van der Waals surface area contributed by atoms with Gasteiger partial charge in [-0.05, 0) is 44.9 Å². The van der Waals surface area contributed by atoms with Gasteiger partial charge >= 0.3 is 6.09 Å². The quantitative estimate of drug-likeness (QED) is 0.653. The number of hydrogen-bond donors (Lipinski definition) is 1. The number of carbonyl (C=O) groups excluding carboxylic acids is 2. The smallest absolute Gasteiger partial charge is 0.429 e. The van der Waals surface area contributed by atoms with Crippen molar-refractivity contribution in [2.24, 2.45) is 5.92 Å². The van der Waals surface area contributed by atoms with E-state index in [1.807, 2.05) is 13.8 Å². The molecule has 0 spiro atoms. The number of nitrogens with one attached hydrogen (secondary N) is 1. The summed E-state index contributed by atoms with van der Waals surface area (Å²) in [5.74, 6) is -0.0725. The molecule has 0 radical (unpaired) electrons. The number of hydrogen-bond acceptors (Lipinski definition) is 4. The first-order valence-electron chi connectivity index (χ1n) is 7.14. The predicted octanol–water partition coefficient (Wildman–Crippen LogP) is 4.13. The van der Waals surface area contributed by atoms with E-state index in [2.05, 4.69) is 5.43 Å². The molecule has 0 heterocycles. The van der Waals surface area contributed by atoms with E-state index in [1.54, 1.807) is 45.0 Å². The van der Waals surface area contributed by atoms with Crippen molar-refractivity contribution in [2.75, 3.05) is 5.43 Å². The molecule has 0 fully saturated rings. The van der Waals surface area contributed by atoms with E-state index in [-0.39, 0.29) is 5.92 Å². The number of rotatable bonds is 5. The zero-order valence-electron chi connectivity index (χ0n) is 13.6. The Morgan fingerprint density at radius 3 is 2.45 bits per heavy atom. The molecule has 0 aliphatic rings. The Morgan fingerprint density at radius 2 is 2.00 bits per heavy atom. The number of aldehydes is 1. The SMILES string of the molecule is CC(C)[C@@H](C=O)N(Nc1cccc(Cl)c1)C(=O)OC(C)(C)C. The van der Waals surface area contributed by atoms with Crippen LogP contribution in [0, 0.1) is 5.92 Å². The van der Waals surface area contributed by atoms with E-state index >= 15 is 0 Å². The van der Waals surface area contributed by atoms with E-state index < -0.39 is 17.7 Å². The highest BCUT2D eigenvalue weighted by Crippen LogP contribution is 2.20. The average Bonchev–Trinajstić information content (AvgIpc) is 2.36. The van der Waals surface area contributed by atoms with Crippen molar-refractivity contribution in [3.63, 3.8) is 0 Å². The summed E-state index contributed by atoms with van der Waals surface area (Å²) in [6, 6.07) is 6.24. The van der Waals surface area contributed by atoms with Gasteiger partial charge in [-0.3, -0.25) is 5.43 Å². The van der Waals surface area contributed by atoms with Crippen molar-refractivity contribution in [1.29, 1.82) is 0 Å². The lowest BCUT2D eigenvalue weighted by molar-refractivity contribution is -0.113. The van der Waals surface area contributed by atoms with Crippen LogP contribution in [0.25, 0.3) is 0 Å². The Bertz CT molecular complexity index is 526. The molecular weight excluding hydrogens is 304 g/mol. The molecular formula is C16H23ClN2O3. The molecule has 6 heteroatoms. The molecule has 0 aliphatic carbocycles. The van der Waals surface area contributed by atoms with Crippen LogP contribution < -0.4 is 5.43 Å². The Balaban J connectivity index is 3.05. The molecule has 122 valence electrons. The molecule has 1 N–H and O–H groups in total. The second kappa shape index (κ2) is 7.49. The van der Waals surface area contributed by atoms with Crippen LogP contribution in [-0.2, 0) is 9.53 Å². The summed E-state index contributed by atoms with van der Waals surface area (Å²) < 4.78 is 5.37. The minimum Gasteiger partial charge on any atom is -0.442 e. The van der Waals surface area contributed by atoms with Gasteiger partial charge in [-0.2, -0.15) is 0 Å². The van der Waals surface area contributed by atoms with Crippen molar-refractivity contribution in [1.82, 2.24) is 5.01 Å². The van der Waals surface area contributed by atoms with Gasteiger partial charge in [0.05, 0.1) is 5.69 Å². The number of ether oxygens (including phenoxy) is 1. The van der Waals surface area contributed by atoms with Gasteiger partial charge in [-0.15, -0.1) is 0 Å². The fraction of sp³-hybridized carbons (Fsp3) is 0.500. The van der Waals surface area contributed by atoms with Crippen LogP contribution in [0.15, 0.2) is 24.3 Å². The molecule has 0 unspecified atom stereocenters. The van der Waals surface area contributed by atoms with Gasteiger partial charge < -0.3 is 9.53 Å². The molecule has 0 aromatic heterocycles. The summed E-state index contributed by atoms with van der Waals surface area (Å²) in [6.07, 6.45) is 0.116. The molecule has 0 saturated carbocycles. The van der Waals surface area contributed by atoms with Crippen LogP contribution in [0.1, 0.15) is 34.6 Å². The van der Waals surface area contributed by atoms with Gasteiger partial charge in [0.1, 0.15) is 17.9 Å². The number of hydrazine groups is 1. The van der Waals surface area contributed by atoms with Crippen molar-refractivity contribution >= 4 is 29.7 Å². The number of benzene rings is 1. The molecule has 1 amide bonds. The van der Waals surface area contributed by atoms with Crippen molar-refractivity contribution < 1.29 is 14.3 Å². The van der Waals surface area contributed by atoms with E-state index in [0.717, 1.165) is 6.29 Å². The normalized spacial score (nSPS) is 12.7. The lowest BCUT2D eigenvalue weighted by atomic mass is 10.1. The maximum atomic E-state index is 12.4. The molecule has 22 heavy (non-hydrogen) atoms. The molecule has 0 bridgehead atoms. The van der Waals surface area contributed by atoms with Crippen LogP contribution in [0.5, 0.6) is 0 Å². The maximum Gasteiger partial charge on any atom is 0.429 e. The van der Waals surface area contributed by atoms with Crippen molar-refractivity contribution in [3.05, 3.63) is 29.3 Å². The molecule has 0 saturated heterocycles. The Hall–Kier alpha value is -1.75. The summed E-state index contributed by atoms with van der Waals surface area (Å²) in [4.78, 5) is 23.8. The van der Waals surface area contributed by atoms with Crippen LogP contribution >= 0.6 is 11.6 Å². The molecule has 1 atom stereocenters. The first-order chi connectivity index (χ1) is 10.1. The third-order valence-corrected chi connectivity index (χ3v) is 3.02. The Kier molecular flexibility index (Phi) is 6.23. The average molecular weight is 327 g/mol. The summed E-state index contributed by atoms with van der Waals surface area (Å²) in [5, 5.41) is 1.73. The Labute approximate surface area is 136 Å². The molecule has 1 aromatic rings. The highest BCUT2D eigenvalue weighted by Gasteiger charge is 2.30. The maximum absolute atomic E-state index is 12.4. The largest absolute Gasteiger partial charge is 0.442 e. The fourth-order valence-electron chi connectivity index (χ4n) is 1.77. The fourth-order valence-corrected chi connectivity index (χ4v) is 1.96. The third kappa shape index (κ3) is 5.56. The third-order valence-electron chi connectivity index (χ3n) is 2.78. The molecule has 1 rings (SSSR count). The van der Waals surface area contributed by atoms with Gasteiger partial charge in [-0.1, -0.05) is 31.5 Å². The van der Waals surface area contributed by atoms with E-state index in [1.165, 1.54) is 5.01 Å². The standard InChI is InChI=1S/C16H23ClN2O3/c1-11(2)14(10-20)19(15(21)22-16(3,4)5)18-13-8-6-7-12(17)9-13/h6-11,14,18H,1-5H3/t14-/m1/s1. The number of anilines is 1. The number of nitrogens with zero attached hydrogens (tertiary/aromatic N) is 1. The first-order valence-corrected chi connectivity index (χ1v) is 7.51. The van der Waals surface area contributed by atoms with E-state index in [9.17, 15) is 9.59 Å². The van der Waals surface area contributed by atoms with Crippen LogP contribution in [0.3, 0.4) is 0 Å². The molecule has 1 aromatic carbocycles. The highest BCUT2D eigenvalue weighted by atomic mass is 35.5. The van der Waals surface area contributed by atoms with Crippen molar-refractivity contribution in [2.45, 2.75) is 46.3 Å². The van der Waals surface area contributed by atoms with Crippen LogP contribution in [-0.4, -0.2) is 29.0 Å². The number of amides is 1. The lowest BCUT2D eigenvalue weighted by Gasteiger charge is -2.33. The topological polar surface area (TPSA) is 58.6 Å². The lowest BCUT2D eigenvalue weighted by Crippen LogP contribution is -2.49. The predicted molar refractivity (Wildman–Crippen MR) is 87.8 cm³/mol. The minimum atomic E-state index is -0.658. The van der Waals surface area contributed by atoms with E-state index in [4.69, 9.17) is 16.3 Å². The molecule has 0 aliphatic heterocycles. The first kappa shape index (κ1) is 18.3. The second-order valence-corrected chi connectivity index (χ2v) is 6.78. The Morgan fingerprint density at radius 1 is 1.36 bits per heavy atom. The highest BCUT2D eigenvalue weighted by molar-refractivity contribution is 6.30. The van der Waals surface area contributed by atoms with Crippen LogP contribution in [0.4, 0.5) is 10.5 Å². The van der Waals surface area contributed by atoms with Gasteiger partial charge in [0.15, 0.2) is 0 Å².